The van der Waals surface area contributed by atoms with Crippen molar-refractivity contribution in [2.45, 2.75) is 25.5 Å². The standard InChI is InChI=1S/C11H13ClFNS/c1-11(2,3)15-14-7-8-6-9(12)4-5-10(8)13/h4-7H,1-3H3/b14-7+. The second-order valence-electron chi connectivity index (χ2n) is 4.10. The van der Waals surface area contributed by atoms with Crippen molar-refractivity contribution in [3.8, 4) is 0 Å². The average molecular weight is 246 g/mol. The Morgan fingerprint density at radius 2 is 2.07 bits per heavy atom. The molecular formula is C11H13ClFNS. The highest BCUT2D eigenvalue weighted by atomic mass is 35.5. The maximum atomic E-state index is 13.2. The first kappa shape index (κ1) is 12.5. The normalized spacial score (nSPS) is 12.3. The number of rotatable bonds is 2. The third-order valence-corrected chi connectivity index (χ3v) is 2.47. The molecule has 15 heavy (non-hydrogen) atoms. The topological polar surface area (TPSA) is 12.4 Å². The van der Waals surface area contributed by atoms with Crippen molar-refractivity contribution in [1.29, 1.82) is 0 Å². The van der Waals surface area contributed by atoms with Crippen molar-refractivity contribution in [2.24, 2.45) is 4.40 Å². The lowest BCUT2D eigenvalue weighted by Gasteiger charge is -2.12. The monoisotopic (exact) mass is 245 g/mol. The second kappa shape index (κ2) is 4.99. The Balaban J connectivity index is 2.76. The third-order valence-electron chi connectivity index (χ3n) is 1.48. The lowest BCUT2D eigenvalue weighted by atomic mass is 10.2. The maximum Gasteiger partial charge on any atom is 0.132 e. The molecule has 0 unspecified atom stereocenters. The Hall–Kier alpha value is -0.540. The van der Waals surface area contributed by atoms with Crippen molar-refractivity contribution >= 4 is 29.8 Å². The molecule has 0 N–H and O–H groups in total. The summed E-state index contributed by atoms with van der Waals surface area (Å²) in [6.07, 6.45) is 1.50. The van der Waals surface area contributed by atoms with Gasteiger partial charge >= 0.3 is 0 Å². The van der Waals surface area contributed by atoms with Gasteiger partial charge in [0.2, 0.25) is 0 Å². The van der Waals surface area contributed by atoms with E-state index in [4.69, 9.17) is 11.6 Å². The van der Waals surface area contributed by atoms with E-state index in [2.05, 4.69) is 4.40 Å². The quantitative estimate of drug-likeness (QED) is 0.558. The molecule has 4 heteroatoms. The van der Waals surface area contributed by atoms with Crippen molar-refractivity contribution in [1.82, 2.24) is 0 Å². The van der Waals surface area contributed by atoms with Crippen LogP contribution in [0.15, 0.2) is 22.6 Å². The third kappa shape index (κ3) is 4.67. The highest BCUT2D eigenvalue weighted by molar-refractivity contribution is 7.99. The summed E-state index contributed by atoms with van der Waals surface area (Å²) in [4.78, 5) is 0. The summed E-state index contributed by atoms with van der Waals surface area (Å²) in [6, 6.07) is 4.42. The predicted molar refractivity (Wildman–Crippen MR) is 66.3 cm³/mol. The summed E-state index contributed by atoms with van der Waals surface area (Å²) in [6.45, 7) is 6.13. The SMILES string of the molecule is CC(C)(C)S/N=C/c1cc(Cl)ccc1F. The molecule has 0 aliphatic carbocycles. The van der Waals surface area contributed by atoms with E-state index < -0.39 is 0 Å². The summed E-state index contributed by atoms with van der Waals surface area (Å²) in [7, 11) is 0. The Labute approximate surface area is 98.9 Å². The zero-order valence-electron chi connectivity index (χ0n) is 8.92. The maximum absolute atomic E-state index is 13.2. The minimum atomic E-state index is -0.308. The Bertz CT molecular complexity index is 371. The molecule has 1 nitrogen and oxygen atoms in total. The molecule has 0 bridgehead atoms. The zero-order chi connectivity index (χ0) is 11.5. The molecule has 0 spiro atoms. The van der Waals surface area contributed by atoms with Gasteiger partial charge in [0.15, 0.2) is 0 Å². The van der Waals surface area contributed by atoms with E-state index >= 15 is 0 Å². The molecule has 1 aromatic rings. The van der Waals surface area contributed by atoms with E-state index in [9.17, 15) is 4.39 Å². The van der Waals surface area contributed by atoms with Gasteiger partial charge < -0.3 is 0 Å². The summed E-state index contributed by atoms with van der Waals surface area (Å²) in [5.74, 6) is -0.308. The van der Waals surface area contributed by atoms with Gasteiger partial charge in [-0.1, -0.05) is 11.6 Å². The van der Waals surface area contributed by atoms with Gasteiger partial charge in [-0.25, -0.2) is 8.79 Å². The predicted octanol–water partition coefficient (Wildman–Crippen LogP) is 4.34. The fourth-order valence-corrected chi connectivity index (χ4v) is 1.52. The Kier molecular flexibility index (Phi) is 4.17. The van der Waals surface area contributed by atoms with Gasteiger partial charge in [-0.2, -0.15) is 0 Å². The molecule has 0 fully saturated rings. The van der Waals surface area contributed by atoms with Gasteiger partial charge in [0.05, 0.1) is 0 Å². The van der Waals surface area contributed by atoms with Crippen molar-refractivity contribution in [2.75, 3.05) is 0 Å². The Morgan fingerprint density at radius 1 is 1.40 bits per heavy atom. The fourth-order valence-electron chi connectivity index (χ4n) is 0.855. The van der Waals surface area contributed by atoms with Crippen LogP contribution in [-0.2, 0) is 0 Å². The van der Waals surface area contributed by atoms with Crippen LogP contribution in [0.25, 0.3) is 0 Å². The van der Waals surface area contributed by atoms with Gasteiger partial charge in [-0.3, -0.25) is 0 Å². The summed E-state index contributed by atoms with van der Waals surface area (Å²) in [5, 5.41) is 0.513. The minimum Gasteiger partial charge on any atom is -0.223 e. The molecule has 1 rings (SSSR count). The van der Waals surface area contributed by atoms with Crippen molar-refractivity contribution in [3.63, 3.8) is 0 Å². The summed E-state index contributed by atoms with van der Waals surface area (Å²) in [5.41, 5.74) is 0.416. The molecule has 0 saturated heterocycles. The summed E-state index contributed by atoms with van der Waals surface area (Å²) >= 11 is 7.15. The van der Waals surface area contributed by atoms with E-state index in [1.807, 2.05) is 20.8 Å². The minimum absolute atomic E-state index is 0.0333. The van der Waals surface area contributed by atoms with Gasteiger partial charge in [0.1, 0.15) is 5.82 Å². The van der Waals surface area contributed by atoms with Gasteiger partial charge in [-0.15, -0.1) is 0 Å². The first-order valence-electron chi connectivity index (χ1n) is 4.55. The number of hydrogen-bond acceptors (Lipinski definition) is 2. The van der Waals surface area contributed by atoms with Crippen LogP contribution in [0, 0.1) is 5.82 Å². The van der Waals surface area contributed by atoms with Crippen LogP contribution < -0.4 is 0 Å². The van der Waals surface area contributed by atoms with Crippen LogP contribution in [-0.4, -0.2) is 11.0 Å². The van der Waals surface area contributed by atoms with Crippen LogP contribution in [0.1, 0.15) is 26.3 Å². The second-order valence-corrected chi connectivity index (χ2v) is 6.16. The van der Waals surface area contributed by atoms with Crippen LogP contribution in [0.4, 0.5) is 4.39 Å². The highest BCUT2D eigenvalue weighted by Crippen LogP contribution is 2.24. The van der Waals surface area contributed by atoms with Crippen molar-refractivity contribution < 1.29 is 4.39 Å². The smallest absolute Gasteiger partial charge is 0.132 e. The van der Waals surface area contributed by atoms with Gasteiger partial charge in [0, 0.05) is 21.5 Å². The molecule has 0 aromatic heterocycles. The first-order chi connectivity index (χ1) is 6.88. The van der Waals surface area contributed by atoms with Gasteiger partial charge in [-0.05, 0) is 50.9 Å². The lowest BCUT2D eigenvalue weighted by molar-refractivity contribution is 0.626. The average Bonchev–Trinajstić information content (AvgIpc) is 2.09. The van der Waals surface area contributed by atoms with E-state index in [0.717, 1.165) is 0 Å². The molecule has 1 aromatic carbocycles. The number of benzene rings is 1. The lowest BCUT2D eigenvalue weighted by Crippen LogP contribution is -2.05. The molecule has 0 amide bonds. The molecule has 0 heterocycles. The number of nitrogens with zero attached hydrogens (tertiary/aromatic N) is 1. The zero-order valence-corrected chi connectivity index (χ0v) is 10.5. The molecule has 0 aliphatic rings. The van der Waals surface area contributed by atoms with Crippen LogP contribution >= 0.6 is 23.5 Å². The van der Waals surface area contributed by atoms with Crippen LogP contribution in [0.3, 0.4) is 0 Å². The largest absolute Gasteiger partial charge is 0.223 e. The first-order valence-corrected chi connectivity index (χ1v) is 5.70. The van der Waals surface area contributed by atoms with E-state index in [-0.39, 0.29) is 10.6 Å². The molecule has 0 radical (unpaired) electrons. The van der Waals surface area contributed by atoms with E-state index in [1.165, 1.54) is 30.3 Å². The van der Waals surface area contributed by atoms with E-state index in [1.54, 1.807) is 6.07 Å². The van der Waals surface area contributed by atoms with Gasteiger partial charge in [0.25, 0.3) is 0 Å². The number of hydrogen-bond donors (Lipinski definition) is 0. The summed E-state index contributed by atoms with van der Waals surface area (Å²) < 4.78 is 17.4. The van der Waals surface area contributed by atoms with E-state index in [0.29, 0.717) is 10.6 Å². The molecule has 0 aliphatic heterocycles. The molecule has 0 saturated carbocycles. The fraction of sp³-hybridized carbons (Fsp3) is 0.364. The Morgan fingerprint density at radius 3 is 2.67 bits per heavy atom. The van der Waals surface area contributed by atoms with Crippen LogP contribution in [0.5, 0.6) is 0 Å². The number of halogens is 2. The molecule has 82 valence electrons. The van der Waals surface area contributed by atoms with Crippen molar-refractivity contribution in [3.05, 3.63) is 34.6 Å². The van der Waals surface area contributed by atoms with Crippen LogP contribution in [0.2, 0.25) is 5.02 Å². The highest BCUT2D eigenvalue weighted by Gasteiger charge is 2.09. The molecular weight excluding hydrogens is 233 g/mol. The molecule has 0 atom stereocenters.